The summed E-state index contributed by atoms with van der Waals surface area (Å²) >= 11 is 0.682. The standard InChI is InChI=1S/C9H12F3N3OS/c1-8(2)4(3-5(8)16)13-7-14-6(15-17-7)9(10,11)12/h4-5,16H,3H2,1-2H3,(H,13,14,15). The van der Waals surface area contributed by atoms with Crippen LogP contribution in [0.15, 0.2) is 0 Å². The van der Waals surface area contributed by atoms with Crippen molar-refractivity contribution >= 4 is 16.7 Å². The Hall–Kier alpha value is -0.890. The van der Waals surface area contributed by atoms with Crippen LogP contribution in [0.4, 0.5) is 18.3 Å². The van der Waals surface area contributed by atoms with E-state index in [2.05, 4.69) is 14.7 Å². The molecule has 2 rings (SSSR count). The Morgan fingerprint density at radius 3 is 2.53 bits per heavy atom. The van der Waals surface area contributed by atoms with Crippen molar-refractivity contribution in [3.63, 3.8) is 0 Å². The lowest BCUT2D eigenvalue weighted by Gasteiger charge is -2.49. The molecule has 96 valence electrons. The van der Waals surface area contributed by atoms with Crippen LogP contribution < -0.4 is 5.32 Å². The van der Waals surface area contributed by atoms with E-state index >= 15 is 0 Å². The fourth-order valence-corrected chi connectivity index (χ4v) is 2.33. The van der Waals surface area contributed by atoms with Gasteiger partial charge in [-0.3, -0.25) is 0 Å². The number of anilines is 1. The summed E-state index contributed by atoms with van der Waals surface area (Å²) in [6.07, 6.45) is -4.44. The maximum absolute atomic E-state index is 12.3. The van der Waals surface area contributed by atoms with E-state index in [1.165, 1.54) is 0 Å². The first-order valence-corrected chi connectivity index (χ1v) is 5.84. The quantitative estimate of drug-likeness (QED) is 0.861. The van der Waals surface area contributed by atoms with Crippen molar-refractivity contribution in [1.82, 2.24) is 9.36 Å². The maximum Gasteiger partial charge on any atom is 0.452 e. The molecule has 4 nitrogen and oxygen atoms in total. The molecule has 2 N–H and O–H groups in total. The van der Waals surface area contributed by atoms with Crippen molar-refractivity contribution < 1.29 is 18.3 Å². The monoisotopic (exact) mass is 267 g/mol. The fourth-order valence-electron chi connectivity index (χ4n) is 1.69. The van der Waals surface area contributed by atoms with Gasteiger partial charge < -0.3 is 10.4 Å². The molecule has 1 aromatic rings. The number of halogens is 3. The summed E-state index contributed by atoms with van der Waals surface area (Å²) in [5, 5.41) is 12.5. The summed E-state index contributed by atoms with van der Waals surface area (Å²) in [6, 6.07) is -0.0773. The van der Waals surface area contributed by atoms with E-state index in [-0.39, 0.29) is 16.6 Å². The second-order valence-electron chi connectivity index (χ2n) is 4.69. The molecule has 1 aromatic heterocycles. The maximum atomic E-state index is 12.3. The zero-order chi connectivity index (χ0) is 12.8. The Morgan fingerprint density at radius 2 is 2.12 bits per heavy atom. The molecule has 2 atom stereocenters. The Balaban J connectivity index is 2.04. The van der Waals surface area contributed by atoms with Crippen LogP contribution in [0, 0.1) is 5.41 Å². The molecular formula is C9H12F3N3OS. The van der Waals surface area contributed by atoms with Gasteiger partial charge in [-0.25, -0.2) is 0 Å². The topological polar surface area (TPSA) is 58.0 Å². The first-order chi connectivity index (χ1) is 7.71. The molecule has 8 heteroatoms. The number of aromatic nitrogens is 2. The van der Waals surface area contributed by atoms with E-state index in [0.29, 0.717) is 18.0 Å². The Morgan fingerprint density at radius 1 is 1.47 bits per heavy atom. The second-order valence-corrected chi connectivity index (χ2v) is 5.44. The highest BCUT2D eigenvalue weighted by Gasteiger charge is 2.48. The summed E-state index contributed by atoms with van der Waals surface area (Å²) in [6.45, 7) is 3.70. The summed E-state index contributed by atoms with van der Waals surface area (Å²) in [5.74, 6) is -1.12. The Bertz CT molecular complexity index is 418. The highest BCUT2D eigenvalue weighted by atomic mass is 32.1. The average molecular weight is 267 g/mol. The van der Waals surface area contributed by atoms with Crippen LogP contribution in [0.1, 0.15) is 26.1 Å². The van der Waals surface area contributed by atoms with Crippen molar-refractivity contribution in [3.05, 3.63) is 5.82 Å². The highest BCUT2D eigenvalue weighted by Crippen LogP contribution is 2.42. The first kappa shape index (κ1) is 12.6. The van der Waals surface area contributed by atoms with Crippen molar-refractivity contribution in [2.45, 2.75) is 38.6 Å². The molecule has 0 spiro atoms. The van der Waals surface area contributed by atoms with E-state index in [9.17, 15) is 18.3 Å². The smallest absolute Gasteiger partial charge is 0.392 e. The van der Waals surface area contributed by atoms with E-state index in [0.717, 1.165) is 0 Å². The van der Waals surface area contributed by atoms with Crippen LogP contribution in [0.2, 0.25) is 0 Å². The third-order valence-electron chi connectivity index (χ3n) is 3.19. The van der Waals surface area contributed by atoms with Gasteiger partial charge in [0.25, 0.3) is 0 Å². The zero-order valence-corrected chi connectivity index (χ0v) is 10.1. The number of alkyl halides is 3. The van der Waals surface area contributed by atoms with Gasteiger partial charge in [0.15, 0.2) is 0 Å². The van der Waals surface area contributed by atoms with Crippen LogP contribution in [0.5, 0.6) is 0 Å². The first-order valence-electron chi connectivity index (χ1n) is 5.07. The van der Waals surface area contributed by atoms with E-state index < -0.39 is 18.1 Å². The molecule has 1 saturated carbocycles. The SMILES string of the molecule is CC1(C)C(O)CC1Nc1nc(C(F)(F)F)ns1. The number of rotatable bonds is 2. The third kappa shape index (κ3) is 2.23. The largest absolute Gasteiger partial charge is 0.452 e. The van der Waals surface area contributed by atoms with Crippen LogP contribution in [-0.4, -0.2) is 26.6 Å². The lowest BCUT2D eigenvalue weighted by Crippen LogP contribution is -2.56. The fraction of sp³-hybridized carbons (Fsp3) is 0.778. The molecule has 0 aromatic carbocycles. The van der Waals surface area contributed by atoms with Gasteiger partial charge in [0.2, 0.25) is 11.0 Å². The number of aliphatic hydroxyl groups excluding tert-OH is 1. The highest BCUT2D eigenvalue weighted by molar-refractivity contribution is 7.09. The van der Waals surface area contributed by atoms with E-state index in [1.807, 2.05) is 13.8 Å². The number of hydrogen-bond acceptors (Lipinski definition) is 5. The van der Waals surface area contributed by atoms with Crippen LogP contribution >= 0.6 is 11.5 Å². The van der Waals surface area contributed by atoms with Crippen molar-refractivity contribution in [1.29, 1.82) is 0 Å². The predicted molar refractivity (Wildman–Crippen MR) is 56.7 cm³/mol. The Labute approximate surface area is 100 Å². The van der Waals surface area contributed by atoms with Gasteiger partial charge in [-0.2, -0.15) is 22.5 Å². The molecule has 0 amide bonds. The summed E-state index contributed by atoms with van der Waals surface area (Å²) in [4.78, 5) is 3.38. The molecule has 0 bridgehead atoms. The van der Waals surface area contributed by atoms with Gasteiger partial charge in [0, 0.05) is 23.0 Å². The molecule has 1 aliphatic carbocycles. The van der Waals surface area contributed by atoms with Crippen LogP contribution in [0.3, 0.4) is 0 Å². The normalized spacial score (nSPS) is 27.6. The lowest BCUT2D eigenvalue weighted by atomic mass is 9.65. The van der Waals surface area contributed by atoms with Crippen molar-refractivity contribution in [2.75, 3.05) is 5.32 Å². The summed E-state index contributed by atoms with van der Waals surface area (Å²) in [5.41, 5.74) is -0.357. The predicted octanol–water partition coefficient (Wildman–Crippen LogP) is 2.13. The van der Waals surface area contributed by atoms with Crippen LogP contribution in [0.25, 0.3) is 0 Å². The van der Waals surface area contributed by atoms with Crippen LogP contribution in [-0.2, 0) is 6.18 Å². The van der Waals surface area contributed by atoms with Crippen molar-refractivity contribution in [3.8, 4) is 0 Å². The van der Waals surface area contributed by atoms with E-state index in [1.54, 1.807) is 0 Å². The third-order valence-corrected chi connectivity index (χ3v) is 3.84. The molecule has 0 saturated heterocycles. The van der Waals surface area contributed by atoms with Gasteiger partial charge in [0.1, 0.15) is 0 Å². The summed E-state index contributed by atoms with van der Waals surface area (Å²) in [7, 11) is 0. The molecule has 1 aliphatic rings. The number of nitrogens with one attached hydrogen (secondary N) is 1. The molecular weight excluding hydrogens is 255 g/mol. The van der Waals surface area contributed by atoms with Gasteiger partial charge >= 0.3 is 6.18 Å². The molecule has 0 radical (unpaired) electrons. The molecule has 0 aliphatic heterocycles. The number of hydrogen-bond donors (Lipinski definition) is 2. The molecule has 2 unspecified atom stereocenters. The Kier molecular flexibility index (Phi) is 2.81. The molecule has 1 fully saturated rings. The number of nitrogens with zero attached hydrogens (tertiary/aromatic N) is 2. The minimum absolute atomic E-state index is 0.0773. The molecule has 1 heterocycles. The van der Waals surface area contributed by atoms with Gasteiger partial charge in [-0.1, -0.05) is 13.8 Å². The number of aliphatic hydroxyl groups is 1. The summed E-state index contributed by atoms with van der Waals surface area (Å²) < 4.78 is 40.0. The lowest BCUT2D eigenvalue weighted by molar-refractivity contribution is -0.144. The molecule has 17 heavy (non-hydrogen) atoms. The minimum atomic E-state index is -4.51. The average Bonchev–Trinajstić information content (AvgIpc) is 2.65. The van der Waals surface area contributed by atoms with Gasteiger partial charge in [0.05, 0.1) is 6.10 Å². The van der Waals surface area contributed by atoms with E-state index in [4.69, 9.17) is 0 Å². The van der Waals surface area contributed by atoms with Gasteiger partial charge in [-0.05, 0) is 6.42 Å². The van der Waals surface area contributed by atoms with Gasteiger partial charge in [-0.15, -0.1) is 0 Å². The van der Waals surface area contributed by atoms with Crippen molar-refractivity contribution in [2.24, 2.45) is 5.41 Å². The zero-order valence-electron chi connectivity index (χ0n) is 9.25. The second kappa shape index (κ2) is 3.81. The minimum Gasteiger partial charge on any atom is -0.392 e.